The van der Waals surface area contributed by atoms with Gasteiger partial charge in [-0.25, -0.2) is 8.42 Å². The standard InChI is InChI=1S/C24H27NO5S/c1-29-21-10-12-23(13-11-21)31(27,28)24-9-5-6-19(16-24)14-15-25-17-20(26)18-30-22-7-3-2-4-8-22/h2-13,16,20,25-26H,14-15,17-18H2,1H3/t20-/m0/s1. The Balaban J connectivity index is 1.50. The van der Waals surface area contributed by atoms with E-state index in [0.717, 1.165) is 11.3 Å². The lowest BCUT2D eigenvalue weighted by molar-refractivity contribution is 0.106. The van der Waals surface area contributed by atoms with Crippen LogP contribution in [-0.4, -0.2) is 46.4 Å². The van der Waals surface area contributed by atoms with E-state index in [4.69, 9.17) is 9.47 Å². The van der Waals surface area contributed by atoms with E-state index < -0.39 is 15.9 Å². The van der Waals surface area contributed by atoms with Crippen molar-refractivity contribution in [3.8, 4) is 11.5 Å². The highest BCUT2D eigenvalue weighted by Gasteiger charge is 2.18. The first-order valence-corrected chi connectivity index (χ1v) is 11.5. The van der Waals surface area contributed by atoms with Crippen molar-refractivity contribution in [3.63, 3.8) is 0 Å². The maximum atomic E-state index is 12.9. The van der Waals surface area contributed by atoms with E-state index in [1.165, 1.54) is 7.11 Å². The molecule has 0 amide bonds. The molecule has 3 aromatic rings. The van der Waals surface area contributed by atoms with E-state index in [-0.39, 0.29) is 16.4 Å². The van der Waals surface area contributed by atoms with Gasteiger partial charge in [0.05, 0.1) is 16.9 Å². The smallest absolute Gasteiger partial charge is 0.206 e. The molecule has 0 aromatic heterocycles. The van der Waals surface area contributed by atoms with Gasteiger partial charge in [-0.3, -0.25) is 0 Å². The van der Waals surface area contributed by atoms with Gasteiger partial charge in [-0.1, -0.05) is 30.3 Å². The van der Waals surface area contributed by atoms with E-state index in [9.17, 15) is 13.5 Å². The number of aliphatic hydroxyl groups excluding tert-OH is 1. The summed E-state index contributed by atoms with van der Waals surface area (Å²) in [4.78, 5) is 0.483. The monoisotopic (exact) mass is 441 g/mol. The number of para-hydroxylation sites is 1. The minimum atomic E-state index is -3.60. The number of methoxy groups -OCH3 is 1. The number of nitrogens with one attached hydrogen (secondary N) is 1. The Morgan fingerprint density at radius 1 is 0.903 bits per heavy atom. The van der Waals surface area contributed by atoms with Gasteiger partial charge in [0.1, 0.15) is 24.2 Å². The van der Waals surface area contributed by atoms with Crippen LogP contribution >= 0.6 is 0 Å². The predicted molar refractivity (Wildman–Crippen MR) is 119 cm³/mol. The normalized spacial score (nSPS) is 12.3. The number of aliphatic hydroxyl groups is 1. The van der Waals surface area contributed by atoms with E-state index >= 15 is 0 Å². The van der Waals surface area contributed by atoms with Crippen molar-refractivity contribution < 1.29 is 23.0 Å². The zero-order valence-corrected chi connectivity index (χ0v) is 18.2. The van der Waals surface area contributed by atoms with Gasteiger partial charge in [0.15, 0.2) is 0 Å². The maximum Gasteiger partial charge on any atom is 0.206 e. The van der Waals surface area contributed by atoms with Crippen molar-refractivity contribution in [1.29, 1.82) is 0 Å². The van der Waals surface area contributed by atoms with Crippen LogP contribution in [-0.2, 0) is 16.3 Å². The molecule has 0 saturated heterocycles. The zero-order valence-electron chi connectivity index (χ0n) is 17.4. The van der Waals surface area contributed by atoms with Crippen LogP contribution in [0.25, 0.3) is 0 Å². The number of rotatable bonds is 11. The quantitative estimate of drug-likeness (QED) is 0.445. The molecule has 0 bridgehead atoms. The molecule has 1 atom stereocenters. The number of hydrogen-bond donors (Lipinski definition) is 2. The minimum Gasteiger partial charge on any atom is -0.497 e. The van der Waals surface area contributed by atoms with Gasteiger partial charge in [0, 0.05) is 6.54 Å². The van der Waals surface area contributed by atoms with Crippen molar-refractivity contribution in [3.05, 3.63) is 84.4 Å². The van der Waals surface area contributed by atoms with Gasteiger partial charge in [-0.05, 0) is 67.1 Å². The summed E-state index contributed by atoms with van der Waals surface area (Å²) in [5.74, 6) is 1.33. The van der Waals surface area contributed by atoms with E-state index in [1.54, 1.807) is 42.5 Å². The first-order valence-electron chi connectivity index (χ1n) is 10.0. The molecule has 0 heterocycles. The summed E-state index contributed by atoms with van der Waals surface area (Å²) in [5, 5.41) is 13.2. The topological polar surface area (TPSA) is 84.9 Å². The molecule has 0 radical (unpaired) electrons. The first kappa shape index (κ1) is 22.8. The first-order chi connectivity index (χ1) is 15.0. The molecular weight excluding hydrogens is 414 g/mol. The zero-order chi connectivity index (χ0) is 22.1. The Kier molecular flexibility index (Phi) is 8.06. The van der Waals surface area contributed by atoms with E-state index in [2.05, 4.69) is 5.32 Å². The number of ether oxygens (including phenoxy) is 2. The second-order valence-corrected chi connectivity index (χ2v) is 9.01. The predicted octanol–water partition coefficient (Wildman–Crippen LogP) is 3.10. The molecule has 0 aliphatic rings. The highest BCUT2D eigenvalue weighted by atomic mass is 32.2. The lowest BCUT2D eigenvalue weighted by atomic mass is 10.1. The average molecular weight is 442 g/mol. The number of hydrogen-bond acceptors (Lipinski definition) is 6. The summed E-state index contributed by atoms with van der Waals surface area (Å²) in [7, 11) is -2.06. The van der Waals surface area contributed by atoms with E-state index in [0.29, 0.717) is 25.3 Å². The van der Waals surface area contributed by atoms with Crippen LogP contribution < -0.4 is 14.8 Å². The van der Waals surface area contributed by atoms with Crippen LogP contribution in [0.1, 0.15) is 5.56 Å². The summed E-state index contributed by atoms with van der Waals surface area (Å²) in [6, 6.07) is 22.6. The summed E-state index contributed by atoms with van der Waals surface area (Å²) >= 11 is 0. The molecule has 3 rings (SSSR count). The third-order valence-corrected chi connectivity index (χ3v) is 6.50. The second-order valence-electron chi connectivity index (χ2n) is 7.06. The molecule has 2 N–H and O–H groups in total. The minimum absolute atomic E-state index is 0.201. The highest BCUT2D eigenvalue weighted by Crippen LogP contribution is 2.23. The second kappa shape index (κ2) is 10.9. The third-order valence-electron chi connectivity index (χ3n) is 4.73. The largest absolute Gasteiger partial charge is 0.497 e. The average Bonchev–Trinajstić information content (AvgIpc) is 2.81. The third kappa shape index (κ3) is 6.55. The van der Waals surface area contributed by atoms with Crippen LogP contribution in [0, 0.1) is 0 Å². The fraction of sp³-hybridized carbons (Fsp3) is 0.250. The van der Waals surface area contributed by atoms with Crippen molar-refractivity contribution in [1.82, 2.24) is 5.32 Å². The lowest BCUT2D eigenvalue weighted by Gasteiger charge is -2.13. The van der Waals surface area contributed by atoms with Gasteiger partial charge in [-0.15, -0.1) is 0 Å². The molecule has 0 saturated carbocycles. The number of sulfone groups is 1. The van der Waals surface area contributed by atoms with Gasteiger partial charge in [0.2, 0.25) is 9.84 Å². The Bertz CT molecular complexity index is 1050. The van der Waals surface area contributed by atoms with Gasteiger partial charge in [0.25, 0.3) is 0 Å². The van der Waals surface area contributed by atoms with Crippen LogP contribution in [0.5, 0.6) is 11.5 Å². The Morgan fingerprint density at radius 3 is 2.35 bits per heavy atom. The highest BCUT2D eigenvalue weighted by molar-refractivity contribution is 7.91. The van der Waals surface area contributed by atoms with Crippen LogP contribution in [0.15, 0.2) is 88.7 Å². The molecule has 0 aliphatic carbocycles. The van der Waals surface area contributed by atoms with Crippen LogP contribution in [0.4, 0.5) is 0 Å². The molecule has 0 fully saturated rings. The molecule has 0 spiro atoms. The maximum absolute atomic E-state index is 12.9. The Labute approximate surface area is 183 Å². The van der Waals surface area contributed by atoms with E-state index in [1.807, 2.05) is 36.4 Å². The summed E-state index contributed by atoms with van der Waals surface area (Å²) in [6.45, 7) is 1.19. The summed E-state index contributed by atoms with van der Waals surface area (Å²) in [5.41, 5.74) is 0.900. The SMILES string of the molecule is COc1ccc(S(=O)(=O)c2cccc(CCNC[C@H](O)COc3ccccc3)c2)cc1. The van der Waals surface area contributed by atoms with Crippen molar-refractivity contribution in [2.45, 2.75) is 22.3 Å². The van der Waals surface area contributed by atoms with Gasteiger partial charge >= 0.3 is 0 Å². The molecular formula is C24H27NO5S. The molecule has 3 aromatic carbocycles. The Morgan fingerprint density at radius 2 is 1.65 bits per heavy atom. The fourth-order valence-electron chi connectivity index (χ4n) is 3.03. The molecule has 31 heavy (non-hydrogen) atoms. The van der Waals surface area contributed by atoms with Gasteiger partial charge in [-0.2, -0.15) is 0 Å². The molecule has 164 valence electrons. The van der Waals surface area contributed by atoms with Crippen molar-refractivity contribution in [2.24, 2.45) is 0 Å². The van der Waals surface area contributed by atoms with Crippen LogP contribution in [0.2, 0.25) is 0 Å². The molecule has 0 unspecified atom stereocenters. The molecule has 0 aliphatic heterocycles. The van der Waals surface area contributed by atoms with Crippen molar-refractivity contribution >= 4 is 9.84 Å². The Hall–Kier alpha value is -2.87. The van der Waals surface area contributed by atoms with Gasteiger partial charge < -0.3 is 19.9 Å². The fourth-order valence-corrected chi connectivity index (χ4v) is 4.36. The summed E-state index contributed by atoms with van der Waals surface area (Å²) < 4.78 is 36.4. The van der Waals surface area contributed by atoms with Crippen molar-refractivity contribution in [2.75, 3.05) is 26.8 Å². The molecule has 7 heteroatoms. The van der Waals surface area contributed by atoms with Crippen LogP contribution in [0.3, 0.4) is 0 Å². The number of benzene rings is 3. The summed E-state index contributed by atoms with van der Waals surface area (Å²) in [6.07, 6.45) is 0.0000918. The molecule has 6 nitrogen and oxygen atoms in total. The lowest BCUT2D eigenvalue weighted by Crippen LogP contribution is -2.32.